The molecule has 1 aliphatic rings. The standard InChI is InChI=1S/C11H20N2O2S/c1-7(8-5-4-6-15-8)13-10(14)11(2,3)9(12)16/h7-8H,4-6H2,1-3H3,(H2,12,16)(H,13,14). The van der Waals surface area contributed by atoms with E-state index in [1.807, 2.05) is 6.92 Å². The zero-order chi connectivity index (χ0) is 12.3. The summed E-state index contributed by atoms with van der Waals surface area (Å²) in [5.74, 6) is -0.136. The Morgan fingerprint density at radius 3 is 2.69 bits per heavy atom. The first-order valence-electron chi connectivity index (χ1n) is 5.58. The third kappa shape index (κ3) is 2.92. The van der Waals surface area contributed by atoms with Crippen molar-refractivity contribution in [1.82, 2.24) is 5.32 Å². The summed E-state index contributed by atoms with van der Waals surface area (Å²) in [5, 5.41) is 2.91. The monoisotopic (exact) mass is 244 g/mol. The lowest BCUT2D eigenvalue weighted by Gasteiger charge is -2.27. The van der Waals surface area contributed by atoms with Gasteiger partial charge in [-0.25, -0.2) is 0 Å². The molecule has 1 aliphatic heterocycles. The number of nitrogens with two attached hydrogens (primary N) is 1. The summed E-state index contributed by atoms with van der Waals surface area (Å²) in [6, 6.07) is 0.00336. The second-order valence-corrected chi connectivity index (χ2v) is 5.24. The highest BCUT2D eigenvalue weighted by Gasteiger charge is 2.33. The summed E-state index contributed by atoms with van der Waals surface area (Å²) >= 11 is 4.88. The molecule has 1 heterocycles. The van der Waals surface area contributed by atoms with Crippen molar-refractivity contribution in [2.24, 2.45) is 11.1 Å². The van der Waals surface area contributed by atoms with Crippen LogP contribution in [0.4, 0.5) is 0 Å². The van der Waals surface area contributed by atoms with Crippen molar-refractivity contribution < 1.29 is 9.53 Å². The Morgan fingerprint density at radius 1 is 1.62 bits per heavy atom. The maximum atomic E-state index is 11.9. The molecule has 0 radical (unpaired) electrons. The molecule has 0 aromatic heterocycles. The van der Waals surface area contributed by atoms with Crippen LogP contribution in [0.5, 0.6) is 0 Å². The molecule has 92 valence electrons. The maximum Gasteiger partial charge on any atom is 0.232 e. The van der Waals surface area contributed by atoms with Crippen molar-refractivity contribution >= 4 is 23.1 Å². The van der Waals surface area contributed by atoms with Gasteiger partial charge in [-0.3, -0.25) is 4.79 Å². The lowest BCUT2D eigenvalue weighted by atomic mass is 9.91. The van der Waals surface area contributed by atoms with Gasteiger partial charge < -0.3 is 15.8 Å². The Kier molecular flexibility index (Phi) is 4.27. The second-order valence-electron chi connectivity index (χ2n) is 4.80. The van der Waals surface area contributed by atoms with Gasteiger partial charge in [0.05, 0.1) is 22.5 Å². The van der Waals surface area contributed by atoms with Gasteiger partial charge >= 0.3 is 0 Å². The van der Waals surface area contributed by atoms with Crippen molar-refractivity contribution in [2.45, 2.75) is 45.8 Å². The third-order valence-electron chi connectivity index (χ3n) is 3.07. The van der Waals surface area contributed by atoms with E-state index in [2.05, 4.69) is 5.32 Å². The average molecular weight is 244 g/mol. The highest BCUT2D eigenvalue weighted by molar-refractivity contribution is 7.80. The average Bonchev–Trinajstić information content (AvgIpc) is 2.69. The van der Waals surface area contributed by atoms with Crippen LogP contribution >= 0.6 is 12.2 Å². The number of carbonyl (C=O) groups is 1. The van der Waals surface area contributed by atoms with Crippen molar-refractivity contribution in [3.05, 3.63) is 0 Å². The van der Waals surface area contributed by atoms with Gasteiger partial charge in [-0.05, 0) is 33.6 Å². The molecule has 0 saturated carbocycles. The Morgan fingerprint density at radius 2 is 2.25 bits per heavy atom. The van der Waals surface area contributed by atoms with Crippen LogP contribution in [0.2, 0.25) is 0 Å². The molecule has 2 unspecified atom stereocenters. The number of nitrogens with one attached hydrogen (secondary N) is 1. The molecule has 0 aromatic rings. The van der Waals surface area contributed by atoms with E-state index < -0.39 is 5.41 Å². The van der Waals surface area contributed by atoms with Gasteiger partial charge in [-0.2, -0.15) is 0 Å². The minimum Gasteiger partial charge on any atom is -0.392 e. The van der Waals surface area contributed by atoms with Gasteiger partial charge in [0.2, 0.25) is 5.91 Å². The lowest BCUT2D eigenvalue weighted by Crippen LogP contribution is -2.50. The molecule has 2 atom stereocenters. The fourth-order valence-electron chi connectivity index (χ4n) is 1.59. The molecule has 1 fully saturated rings. The summed E-state index contributed by atoms with van der Waals surface area (Å²) in [6.45, 7) is 6.19. The van der Waals surface area contributed by atoms with Crippen molar-refractivity contribution in [3.63, 3.8) is 0 Å². The van der Waals surface area contributed by atoms with E-state index in [1.165, 1.54) is 0 Å². The van der Waals surface area contributed by atoms with Crippen LogP contribution in [0, 0.1) is 5.41 Å². The predicted molar refractivity (Wildman–Crippen MR) is 67.1 cm³/mol. The number of carbonyl (C=O) groups excluding carboxylic acids is 1. The summed E-state index contributed by atoms with van der Waals surface area (Å²) in [5.41, 5.74) is 4.74. The van der Waals surface area contributed by atoms with Crippen molar-refractivity contribution in [2.75, 3.05) is 6.61 Å². The zero-order valence-electron chi connectivity index (χ0n) is 10.1. The summed E-state index contributed by atoms with van der Waals surface area (Å²) in [6.07, 6.45) is 2.17. The Balaban J connectivity index is 2.53. The number of rotatable bonds is 4. The van der Waals surface area contributed by atoms with Gasteiger partial charge in [0.1, 0.15) is 0 Å². The van der Waals surface area contributed by atoms with Gasteiger partial charge in [-0.15, -0.1) is 0 Å². The molecule has 1 amide bonds. The fraction of sp³-hybridized carbons (Fsp3) is 0.818. The Hall–Kier alpha value is -0.680. The number of thiocarbonyl (C=S) groups is 1. The molecule has 1 saturated heterocycles. The van der Waals surface area contributed by atoms with Crippen molar-refractivity contribution in [3.8, 4) is 0 Å². The fourth-order valence-corrected chi connectivity index (χ4v) is 1.68. The van der Waals surface area contributed by atoms with E-state index in [0.29, 0.717) is 0 Å². The SMILES string of the molecule is CC(NC(=O)C(C)(C)C(N)=S)C1CCCO1. The van der Waals surface area contributed by atoms with E-state index in [4.69, 9.17) is 22.7 Å². The van der Waals surface area contributed by atoms with Crippen LogP contribution in [0.1, 0.15) is 33.6 Å². The van der Waals surface area contributed by atoms with Gasteiger partial charge in [0, 0.05) is 6.61 Å². The van der Waals surface area contributed by atoms with Crippen molar-refractivity contribution in [1.29, 1.82) is 0 Å². The minimum atomic E-state index is -0.803. The van der Waals surface area contributed by atoms with E-state index in [1.54, 1.807) is 13.8 Å². The predicted octanol–water partition coefficient (Wildman–Crippen LogP) is 0.982. The smallest absolute Gasteiger partial charge is 0.232 e. The van der Waals surface area contributed by atoms with Crippen LogP contribution in [0.25, 0.3) is 0 Å². The van der Waals surface area contributed by atoms with Gasteiger partial charge in [-0.1, -0.05) is 12.2 Å². The first kappa shape index (κ1) is 13.4. The van der Waals surface area contributed by atoms with Gasteiger partial charge in [0.15, 0.2) is 0 Å². The van der Waals surface area contributed by atoms with Crippen LogP contribution < -0.4 is 11.1 Å². The highest BCUT2D eigenvalue weighted by atomic mass is 32.1. The van der Waals surface area contributed by atoms with Crippen LogP contribution in [-0.2, 0) is 9.53 Å². The summed E-state index contributed by atoms with van der Waals surface area (Å²) < 4.78 is 5.51. The normalized spacial score (nSPS) is 22.8. The largest absolute Gasteiger partial charge is 0.392 e. The molecule has 16 heavy (non-hydrogen) atoms. The number of hydrogen-bond donors (Lipinski definition) is 2. The molecule has 0 aromatic carbocycles. The first-order chi connectivity index (χ1) is 7.35. The minimum absolute atomic E-state index is 0.00336. The first-order valence-corrected chi connectivity index (χ1v) is 5.99. The number of hydrogen-bond acceptors (Lipinski definition) is 3. The molecule has 3 N–H and O–H groups in total. The number of amides is 1. The molecule has 1 rings (SSSR count). The molecule has 4 nitrogen and oxygen atoms in total. The zero-order valence-corrected chi connectivity index (χ0v) is 10.9. The Bertz CT molecular complexity index is 286. The second kappa shape index (κ2) is 5.10. The van der Waals surface area contributed by atoms with E-state index >= 15 is 0 Å². The molecule has 0 spiro atoms. The molecule has 0 aliphatic carbocycles. The topological polar surface area (TPSA) is 64.4 Å². The third-order valence-corrected chi connectivity index (χ3v) is 3.58. The maximum absolute atomic E-state index is 11.9. The van der Waals surface area contributed by atoms with Gasteiger partial charge in [0.25, 0.3) is 0 Å². The lowest BCUT2D eigenvalue weighted by molar-refractivity contribution is -0.127. The van der Waals surface area contributed by atoms with E-state index in [0.717, 1.165) is 19.4 Å². The number of ether oxygens (including phenoxy) is 1. The summed E-state index contributed by atoms with van der Waals surface area (Å²) in [4.78, 5) is 12.2. The molecular formula is C11H20N2O2S. The highest BCUT2D eigenvalue weighted by Crippen LogP contribution is 2.19. The summed E-state index contributed by atoms with van der Waals surface area (Å²) in [7, 11) is 0. The Labute approximate surface area is 102 Å². The van der Waals surface area contributed by atoms with Crippen LogP contribution in [0.15, 0.2) is 0 Å². The molecule has 5 heteroatoms. The molecular weight excluding hydrogens is 224 g/mol. The van der Waals surface area contributed by atoms with Crippen LogP contribution in [0.3, 0.4) is 0 Å². The quantitative estimate of drug-likeness (QED) is 0.724. The van der Waals surface area contributed by atoms with Crippen LogP contribution in [-0.4, -0.2) is 29.6 Å². The van der Waals surface area contributed by atoms with E-state index in [-0.39, 0.29) is 23.0 Å². The van der Waals surface area contributed by atoms with E-state index in [9.17, 15) is 4.79 Å². The molecule has 0 bridgehead atoms.